The van der Waals surface area contributed by atoms with Gasteiger partial charge in [0, 0.05) is 6.07 Å². The lowest BCUT2D eigenvalue weighted by molar-refractivity contribution is -0.122. The molecule has 0 radical (unpaired) electrons. The third-order valence-corrected chi connectivity index (χ3v) is 3.87. The third-order valence-electron chi connectivity index (χ3n) is 3.87. The Labute approximate surface area is 115 Å². The van der Waals surface area contributed by atoms with E-state index in [-0.39, 0.29) is 23.9 Å². The molecule has 3 rings (SSSR count). The molecule has 2 aliphatic heterocycles. The second kappa shape index (κ2) is 4.94. The Morgan fingerprint density at radius 2 is 1.75 bits per heavy atom. The van der Waals surface area contributed by atoms with E-state index in [2.05, 4.69) is 0 Å². The highest BCUT2D eigenvalue weighted by Gasteiger charge is 2.43. The van der Waals surface area contributed by atoms with Crippen molar-refractivity contribution in [2.24, 2.45) is 0 Å². The van der Waals surface area contributed by atoms with Gasteiger partial charge in [0.25, 0.3) is 5.91 Å². The number of anilines is 1. The molecule has 1 aromatic carbocycles. The summed E-state index contributed by atoms with van der Waals surface area (Å²) in [4.78, 5) is 27.3. The summed E-state index contributed by atoms with van der Waals surface area (Å²) in [6, 6.07) is 2.60. The molecule has 2 fully saturated rings. The highest BCUT2D eigenvalue weighted by atomic mass is 19.2. The summed E-state index contributed by atoms with van der Waals surface area (Å²) in [7, 11) is 0. The zero-order valence-corrected chi connectivity index (χ0v) is 10.8. The predicted octanol–water partition coefficient (Wildman–Crippen LogP) is 1.69. The molecular weight excluding hydrogens is 266 g/mol. The minimum absolute atomic E-state index is 0.0978. The molecule has 106 valence electrons. The average Bonchev–Trinajstić information content (AvgIpc) is 3.02. The summed E-state index contributed by atoms with van der Waals surface area (Å²) >= 11 is 0. The van der Waals surface area contributed by atoms with E-state index >= 15 is 0 Å². The maximum atomic E-state index is 13.3. The third kappa shape index (κ3) is 2.10. The first kappa shape index (κ1) is 13.2. The summed E-state index contributed by atoms with van der Waals surface area (Å²) in [5.41, 5.74) is 0.0978. The lowest BCUT2D eigenvalue weighted by Crippen LogP contribution is -2.40. The van der Waals surface area contributed by atoms with E-state index in [0.29, 0.717) is 0 Å². The highest BCUT2D eigenvalue weighted by molar-refractivity contribution is 6.22. The zero-order chi connectivity index (χ0) is 14.3. The largest absolute Gasteiger partial charge is 0.292 e. The van der Waals surface area contributed by atoms with Crippen LogP contribution < -0.4 is 4.90 Å². The van der Waals surface area contributed by atoms with Crippen molar-refractivity contribution >= 4 is 17.5 Å². The minimum atomic E-state index is -1.06. The second-order valence-corrected chi connectivity index (χ2v) is 5.13. The first-order chi connectivity index (χ1) is 9.58. The number of likely N-dealkylation sites (tertiary alicyclic amines) is 1. The van der Waals surface area contributed by atoms with Crippen LogP contribution in [0.1, 0.15) is 19.3 Å². The van der Waals surface area contributed by atoms with Crippen LogP contribution in [-0.2, 0) is 9.59 Å². The molecule has 2 heterocycles. The highest BCUT2D eigenvalue weighted by Crippen LogP contribution is 2.28. The molecule has 0 aliphatic carbocycles. The van der Waals surface area contributed by atoms with Crippen LogP contribution in [0.25, 0.3) is 0 Å². The normalized spacial score (nSPS) is 23.9. The van der Waals surface area contributed by atoms with Gasteiger partial charge in [-0.3, -0.25) is 14.5 Å². The molecule has 1 unspecified atom stereocenters. The van der Waals surface area contributed by atoms with Crippen molar-refractivity contribution in [1.29, 1.82) is 0 Å². The molecule has 20 heavy (non-hydrogen) atoms. The van der Waals surface area contributed by atoms with E-state index in [0.717, 1.165) is 43.0 Å². The van der Waals surface area contributed by atoms with Gasteiger partial charge >= 0.3 is 0 Å². The number of halogens is 2. The van der Waals surface area contributed by atoms with Crippen LogP contribution in [0.5, 0.6) is 0 Å². The molecule has 2 saturated heterocycles. The van der Waals surface area contributed by atoms with E-state index in [1.54, 1.807) is 0 Å². The number of rotatable bonds is 2. The fourth-order valence-electron chi connectivity index (χ4n) is 2.85. The number of carbonyl (C=O) groups excluding carboxylic acids is 2. The van der Waals surface area contributed by atoms with Gasteiger partial charge in [0.2, 0.25) is 5.91 Å². The van der Waals surface area contributed by atoms with Gasteiger partial charge in [0.1, 0.15) is 0 Å². The van der Waals surface area contributed by atoms with Gasteiger partial charge in [-0.25, -0.2) is 13.7 Å². The van der Waals surface area contributed by atoms with Crippen LogP contribution in [0.15, 0.2) is 18.2 Å². The molecule has 6 heteroatoms. The Kier molecular flexibility index (Phi) is 3.25. The molecule has 0 N–H and O–H groups in total. The van der Waals surface area contributed by atoms with E-state index < -0.39 is 17.7 Å². The Balaban J connectivity index is 1.87. The first-order valence-electron chi connectivity index (χ1n) is 6.64. The number of nitrogens with zero attached hydrogens (tertiary/aromatic N) is 2. The van der Waals surface area contributed by atoms with Crippen LogP contribution in [0.2, 0.25) is 0 Å². The number of hydrogen-bond acceptors (Lipinski definition) is 3. The fraction of sp³-hybridized carbons (Fsp3) is 0.429. The Hall–Kier alpha value is -1.82. The van der Waals surface area contributed by atoms with Crippen molar-refractivity contribution in [3.63, 3.8) is 0 Å². The molecule has 0 bridgehead atoms. The Bertz CT molecular complexity index is 570. The van der Waals surface area contributed by atoms with Gasteiger partial charge in [-0.15, -0.1) is 0 Å². The number of carbonyl (C=O) groups is 2. The van der Waals surface area contributed by atoms with Crippen LogP contribution in [0.3, 0.4) is 0 Å². The molecule has 1 atom stereocenters. The Morgan fingerprint density at radius 1 is 1.05 bits per heavy atom. The van der Waals surface area contributed by atoms with Crippen molar-refractivity contribution in [3.8, 4) is 0 Å². The van der Waals surface area contributed by atoms with Crippen LogP contribution >= 0.6 is 0 Å². The smallest absolute Gasteiger partial charge is 0.251 e. The van der Waals surface area contributed by atoms with Crippen LogP contribution in [-0.4, -0.2) is 35.8 Å². The number of hydrogen-bond donors (Lipinski definition) is 0. The number of benzene rings is 1. The Morgan fingerprint density at radius 3 is 2.40 bits per heavy atom. The monoisotopic (exact) mass is 280 g/mol. The fourth-order valence-corrected chi connectivity index (χ4v) is 2.85. The van der Waals surface area contributed by atoms with Crippen molar-refractivity contribution in [2.45, 2.75) is 25.3 Å². The minimum Gasteiger partial charge on any atom is -0.292 e. The van der Waals surface area contributed by atoms with Gasteiger partial charge in [0.05, 0.1) is 18.2 Å². The molecular formula is C14H14F2N2O2. The maximum absolute atomic E-state index is 13.3. The van der Waals surface area contributed by atoms with Crippen molar-refractivity contribution < 1.29 is 18.4 Å². The molecule has 2 aliphatic rings. The van der Waals surface area contributed by atoms with Gasteiger partial charge in [-0.2, -0.15) is 0 Å². The lowest BCUT2D eigenvalue weighted by atomic mass is 10.2. The van der Waals surface area contributed by atoms with Gasteiger partial charge in [-0.1, -0.05) is 0 Å². The SMILES string of the molecule is O=C1CC(N2CCCC2)C(=O)N1c1ccc(F)c(F)c1. The summed E-state index contributed by atoms with van der Waals surface area (Å²) in [6.45, 7) is 1.60. The van der Waals surface area contributed by atoms with Crippen LogP contribution in [0.4, 0.5) is 14.5 Å². The predicted molar refractivity (Wildman–Crippen MR) is 68.1 cm³/mol. The maximum Gasteiger partial charge on any atom is 0.251 e. The lowest BCUT2D eigenvalue weighted by Gasteiger charge is -2.21. The summed E-state index contributed by atoms with van der Waals surface area (Å²) < 4.78 is 26.2. The van der Waals surface area contributed by atoms with E-state index in [1.807, 2.05) is 4.90 Å². The van der Waals surface area contributed by atoms with E-state index in [4.69, 9.17) is 0 Å². The van der Waals surface area contributed by atoms with Crippen molar-refractivity contribution in [1.82, 2.24) is 4.90 Å². The number of amides is 2. The summed E-state index contributed by atoms with van der Waals surface area (Å²) in [5.74, 6) is -2.77. The quantitative estimate of drug-likeness (QED) is 0.774. The van der Waals surface area contributed by atoms with Crippen LogP contribution in [0, 0.1) is 11.6 Å². The zero-order valence-electron chi connectivity index (χ0n) is 10.8. The molecule has 2 amide bonds. The summed E-state index contributed by atoms with van der Waals surface area (Å²) in [6.07, 6.45) is 2.14. The molecule has 0 saturated carbocycles. The number of imide groups is 1. The van der Waals surface area contributed by atoms with Crippen molar-refractivity contribution in [2.75, 3.05) is 18.0 Å². The molecule has 0 aromatic heterocycles. The topological polar surface area (TPSA) is 40.6 Å². The van der Waals surface area contributed by atoms with Gasteiger partial charge < -0.3 is 0 Å². The molecule has 0 spiro atoms. The first-order valence-corrected chi connectivity index (χ1v) is 6.64. The molecule has 4 nitrogen and oxygen atoms in total. The van der Waals surface area contributed by atoms with Crippen molar-refractivity contribution in [3.05, 3.63) is 29.8 Å². The van der Waals surface area contributed by atoms with Gasteiger partial charge in [-0.05, 0) is 38.1 Å². The van der Waals surface area contributed by atoms with Gasteiger partial charge in [0.15, 0.2) is 11.6 Å². The standard InChI is InChI=1S/C14H14F2N2O2/c15-10-4-3-9(7-11(10)16)18-13(19)8-12(14(18)20)17-5-1-2-6-17/h3-4,7,12H,1-2,5-6,8H2. The van der Waals surface area contributed by atoms with E-state index in [1.165, 1.54) is 6.07 Å². The molecule has 1 aromatic rings. The summed E-state index contributed by atoms with van der Waals surface area (Å²) in [5, 5.41) is 0. The average molecular weight is 280 g/mol. The second-order valence-electron chi connectivity index (χ2n) is 5.13. The van der Waals surface area contributed by atoms with E-state index in [9.17, 15) is 18.4 Å².